The number of hydrogen-bond acceptors (Lipinski definition) is 3. The van der Waals surface area contributed by atoms with Gasteiger partial charge < -0.3 is 0 Å². The molecule has 0 atom stereocenters. The maximum atomic E-state index is 16.4. The molecule has 0 unspecified atom stereocenters. The Morgan fingerprint density at radius 3 is 0.837 bits per heavy atom. The number of unbranched alkanes of at least 4 members (excludes halogenated alkanes) is 18. The van der Waals surface area contributed by atoms with Crippen LogP contribution in [0.2, 0.25) is 0 Å². The Hall–Kier alpha value is 0.780. The topological polar surface area (TPSA) is 35.5 Å². The molecule has 0 saturated heterocycles. The lowest BCUT2D eigenvalue weighted by atomic mass is 10.1. The Balaban J connectivity index is 5.61. The third kappa shape index (κ3) is 23.7. The molecule has 0 saturated carbocycles. The minimum atomic E-state index is -4.67. The minimum Gasteiger partial charge on any atom is -0.233 e. The highest BCUT2D eigenvalue weighted by Crippen LogP contribution is 2.73. The predicted molar refractivity (Wildman–Crippen MR) is 200 cm³/mol. The minimum absolute atomic E-state index is 0.863. The maximum absolute atomic E-state index is 16.4. The largest absolute Gasteiger partial charge is 0.532 e. The van der Waals surface area contributed by atoms with Crippen LogP contribution in [0.4, 0.5) is 4.20 Å². The van der Waals surface area contributed by atoms with E-state index in [9.17, 15) is 4.57 Å². The molecule has 43 heavy (non-hydrogen) atoms. The molecule has 0 amide bonds. The molecular weight excluding hydrogens is 594 g/mol. The number of hydrogen-bond donors (Lipinski definition) is 0. The van der Waals surface area contributed by atoms with Crippen molar-refractivity contribution in [1.29, 1.82) is 0 Å². The lowest BCUT2D eigenvalue weighted by molar-refractivity contribution is 0.363. The molecule has 0 radical (unpaired) electrons. The second-order valence-corrected chi connectivity index (χ2v) is 21.5. The third-order valence-electron chi connectivity index (χ3n) is 8.71. The molecule has 7 heteroatoms. The van der Waals surface area contributed by atoms with Crippen LogP contribution in [0.3, 0.4) is 0 Å². The highest BCUT2D eigenvalue weighted by molar-refractivity contribution is 8.33. The molecule has 0 spiro atoms. The van der Waals surface area contributed by atoms with Gasteiger partial charge in [-0.15, -0.1) is 24.8 Å². The fourth-order valence-corrected chi connectivity index (χ4v) is 16.9. The van der Waals surface area contributed by atoms with Gasteiger partial charge in [0.25, 0.3) is 0 Å². The van der Waals surface area contributed by atoms with Gasteiger partial charge in [-0.2, -0.15) is 0 Å². The zero-order valence-electron chi connectivity index (χ0n) is 30.1. The molecule has 0 aromatic carbocycles. The zero-order valence-corrected chi connectivity index (χ0v) is 32.6. The van der Waals surface area contributed by atoms with E-state index in [-0.39, 0.29) is 0 Å². The van der Waals surface area contributed by atoms with E-state index in [1.807, 2.05) is 0 Å². The molecule has 0 fully saturated rings. The van der Waals surface area contributed by atoms with E-state index in [1.54, 1.807) is 0 Å². The lowest BCUT2D eigenvalue weighted by Crippen LogP contribution is -2.20. The van der Waals surface area contributed by atoms with Crippen molar-refractivity contribution in [3.63, 3.8) is 0 Å². The first kappa shape index (κ1) is 43.8. The molecule has 0 rings (SSSR count). The van der Waals surface area contributed by atoms with Gasteiger partial charge >= 0.3 is 7.91 Å². The van der Waals surface area contributed by atoms with Crippen LogP contribution in [0.1, 0.15) is 196 Å². The van der Waals surface area contributed by atoms with Crippen molar-refractivity contribution in [2.75, 3.05) is 34.5 Å². The van der Waals surface area contributed by atoms with E-state index < -0.39 is 28.5 Å². The summed E-state index contributed by atoms with van der Waals surface area (Å²) < 4.78 is 43.1. The molecule has 0 aliphatic heterocycles. The monoisotopic (exact) mass is 673 g/mol. The molecule has 0 aliphatic carbocycles. The molecule has 0 aliphatic rings. The van der Waals surface area contributed by atoms with E-state index in [2.05, 4.69) is 41.5 Å². The van der Waals surface area contributed by atoms with Crippen LogP contribution < -0.4 is 0 Å². The summed E-state index contributed by atoms with van der Waals surface area (Å²) in [5, 5.41) is 0. The van der Waals surface area contributed by atoms with E-state index in [1.165, 1.54) is 89.9 Å². The van der Waals surface area contributed by atoms with Gasteiger partial charge in [-0.05, 0) is 73.0 Å². The summed E-state index contributed by atoms with van der Waals surface area (Å²) >= 11 is 0. The summed E-state index contributed by atoms with van der Waals surface area (Å²) in [6, 6.07) is 0. The first-order chi connectivity index (χ1) is 20.8. The summed E-state index contributed by atoms with van der Waals surface area (Å²) in [5.74, 6) is 5.21. The fourth-order valence-electron chi connectivity index (χ4n) is 5.85. The standard InChI is InChI=1S/C36H78FO3PS2/c1-7-13-19-21-23-25-27-29-35-42(31-15-9-3,32-16-10-4)39-41(37,38)40-43(33-17-11-5,34-18-12-6)36-30-28-26-24-22-20-14-8-2/h7-36H2,1-6H3. The predicted octanol–water partition coefficient (Wildman–Crippen LogP) is 15.0. The average molecular weight is 673 g/mol. The lowest BCUT2D eigenvalue weighted by Gasteiger charge is -2.44. The van der Waals surface area contributed by atoms with Gasteiger partial charge in [0, 0.05) is 0 Å². The highest BCUT2D eigenvalue weighted by atomic mass is 32.3. The number of halogens is 1. The van der Waals surface area contributed by atoms with Gasteiger partial charge in [0.05, 0.1) is 0 Å². The summed E-state index contributed by atoms with van der Waals surface area (Å²) in [6.45, 7) is 13.3. The quantitative estimate of drug-likeness (QED) is 0.0504. The Bertz CT molecular complexity index is 586. The molecule has 0 aromatic heterocycles. The van der Waals surface area contributed by atoms with Crippen LogP contribution in [0.15, 0.2) is 0 Å². The van der Waals surface area contributed by atoms with Crippen molar-refractivity contribution in [1.82, 2.24) is 0 Å². The third-order valence-corrected chi connectivity index (χ3v) is 18.9. The van der Waals surface area contributed by atoms with E-state index in [0.717, 1.165) is 98.7 Å². The second-order valence-electron chi connectivity index (χ2n) is 13.1. The van der Waals surface area contributed by atoms with Gasteiger partial charge in [-0.25, -0.2) is 12.5 Å². The first-order valence-electron chi connectivity index (χ1n) is 19.0. The maximum Gasteiger partial charge on any atom is 0.532 e. The summed E-state index contributed by atoms with van der Waals surface area (Å²) in [7, 11) is -8.24. The highest BCUT2D eigenvalue weighted by Gasteiger charge is 2.41. The van der Waals surface area contributed by atoms with Crippen LogP contribution in [-0.2, 0) is 12.5 Å². The van der Waals surface area contributed by atoms with E-state index in [4.69, 9.17) is 7.94 Å². The molecule has 0 bridgehead atoms. The van der Waals surface area contributed by atoms with Crippen LogP contribution in [0.5, 0.6) is 0 Å². The van der Waals surface area contributed by atoms with Gasteiger partial charge in [-0.3, -0.25) is 0 Å². The van der Waals surface area contributed by atoms with Crippen molar-refractivity contribution in [2.45, 2.75) is 196 Å². The van der Waals surface area contributed by atoms with Gasteiger partial charge in [0.15, 0.2) is 0 Å². The van der Waals surface area contributed by atoms with Crippen molar-refractivity contribution >= 4 is 28.5 Å². The molecule has 0 N–H and O–H groups in total. The zero-order chi connectivity index (χ0) is 32.1. The molecule has 264 valence electrons. The molecule has 0 aromatic rings. The molecule has 0 heterocycles. The van der Waals surface area contributed by atoms with E-state index >= 15 is 4.20 Å². The Labute approximate surface area is 274 Å². The molecular formula is C36H78FO3PS2. The van der Waals surface area contributed by atoms with Crippen LogP contribution in [-0.4, -0.2) is 34.5 Å². The summed E-state index contributed by atoms with van der Waals surface area (Å²) in [6.07, 6.45) is 28.3. The van der Waals surface area contributed by atoms with Crippen LogP contribution in [0, 0.1) is 0 Å². The molecule has 3 nitrogen and oxygen atoms in total. The SMILES string of the molecule is CCCCCCCCCCS(CCCC)(CCCC)OP(=O)(F)OS(CCCC)(CCCC)CCCCCCCCCC. The summed E-state index contributed by atoms with van der Waals surface area (Å²) in [4.78, 5) is 0. The number of rotatable bonds is 34. The average Bonchev–Trinajstić information content (AvgIpc) is 2.99. The first-order valence-corrected chi connectivity index (χ1v) is 24.6. The Morgan fingerprint density at radius 1 is 0.372 bits per heavy atom. The van der Waals surface area contributed by atoms with Crippen LogP contribution >= 0.6 is 28.5 Å². The Kier molecular flexibility index (Phi) is 29.5. The van der Waals surface area contributed by atoms with Crippen LogP contribution in [0.25, 0.3) is 0 Å². The normalized spacial score (nSPS) is 13.6. The van der Waals surface area contributed by atoms with Gasteiger partial charge in [0.2, 0.25) is 0 Å². The van der Waals surface area contributed by atoms with Crippen molar-refractivity contribution in [2.24, 2.45) is 0 Å². The summed E-state index contributed by atoms with van der Waals surface area (Å²) in [5.41, 5.74) is 0. The van der Waals surface area contributed by atoms with E-state index in [0.29, 0.717) is 0 Å². The van der Waals surface area contributed by atoms with Gasteiger partial charge in [0.1, 0.15) is 0 Å². The second kappa shape index (κ2) is 29.0. The Morgan fingerprint density at radius 2 is 0.581 bits per heavy atom. The van der Waals surface area contributed by atoms with Crippen molar-refractivity contribution < 1.29 is 16.7 Å². The fraction of sp³-hybridized carbons (Fsp3) is 1.00. The van der Waals surface area contributed by atoms with Crippen molar-refractivity contribution in [3.05, 3.63) is 0 Å². The van der Waals surface area contributed by atoms with Gasteiger partial charge in [-0.1, -0.05) is 157 Å². The van der Waals surface area contributed by atoms with Crippen molar-refractivity contribution in [3.8, 4) is 0 Å². The smallest absolute Gasteiger partial charge is 0.233 e.